The molecule has 0 bridgehead atoms. The Bertz CT molecular complexity index is 1060. The number of nitrogens with one attached hydrogen (secondary N) is 2. The molecular formula is C24H26N2O5. The van der Waals surface area contributed by atoms with Crippen molar-refractivity contribution in [1.82, 2.24) is 10.3 Å². The highest BCUT2D eigenvalue weighted by Gasteiger charge is 2.23. The summed E-state index contributed by atoms with van der Waals surface area (Å²) in [6.07, 6.45) is 2.13. The van der Waals surface area contributed by atoms with Gasteiger partial charge in [0.1, 0.15) is 11.8 Å². The topological polar surface area (TPSA) is 97.5 Å². The summed E-state index contributed by atoms with van der Waals surface area (Å²) in [4.78, 5) is 40.2. The molecule has 1 heterocycles. The third-order valence-electron chi connectivity index (χ3n) is 4.99. The number of H-pyrrole nitrogens is 1. The van der Waals surface area contributed by atoms with E-state index in [4.69, 9.17) is 9.47 Å². The van der Waals surface area contributed by atoms with Gasteiger partial charge in [-0.15, -0.1) is 0 Å². The van der Waals surface area contributed by atoms with Crippen molar-refractivity contribution in [2.45, 2.75) is 32.2 Å². The number of rotatable bonds is 10. The molecule has 3 aromatic rings. The number of amides is 1. The van der Waals surface area contributed by atoms with Gasteiger partial charge in [-0.1, -0.05) is 18.2 Å². The average Bonchev–Trinajstić information content (AvgIpc) is 3.20. The second kappa shape index (κ2) is 10.4. The number of Topliss-reactive ketones (excluding diaryl/α,β-unsaturated/α-hetero) is 1. The van der Waals surface area contributed by atoms with Gasteiger partial charge in [0.05, 0.1) is 13.7 Å². The lowest BCUT2D eigenvalue weighted by Gasteiger charge is -2.16. The van der Waals surface area contributed by atoms with Crippen LogP contribution in [0.25, 0.3) is 10.9 Å². The lowest BCUT2D eigenvalue weighted by molar-refractivity contribution is -0.145. The molecule has 0 saturated heterocycles. The van der Waals surface area contributed by atoms with Crippen LogP contribution in [0.5, 0.6) is 5.75 Å². The van der Waals surface area contributed by atoms with Crippen molar-refractivity contribution in [3.8, 4) is 5.75 Å². The second-order valence-electron chi connectivity index (χ2n) is 7.09. The SMILES string of the molecule is CCOc1ccc(C(=O)CCC(=O)N[C@H](Cc2c[nH]c3ccccc23)C(=O)OC)cc1. The fourth-order valence-electron chi connectivity index (χ4n) is 3.40. The van der Waals surface area contributed by atoms with Crippen LogP contribution in [0.1, 0.15) is 35.7 Å². The highest BCUT2D eigenvalue weighted by Crippen LogP contribution is 2.19. The van der Waals surface area contributed by atoms with Crippen LogP contribution in [0.4, 0.5) is 0 Å². The van der Waals surface area contributed by atoms with Crippen molar-refractivity contribution in [2.75, 3.05) is 13.7 Å². The molecule has 2 N–H and O–H groups in total. The van der Waals surface area contributed by atoms with Crippen LogP contribution in [-0.4, -0.2) is 42.4 Å². The maximum atomic E-state index is 12.4. The largest absolute Gasteiger partial charge is 0.494 e. The first-order valence-electron chi connectivity index (χ1n) is 10.2. The smallest absolute Gasteiger partial charge is 0.328 e. The van der Waals surface area contributed by atoms with Gasteiger partial charge in [0, 0.05) is 41.9 Å². The Labute approximate surface area is 180 Å². The zero-order valence-corrected chi connectivity index (χ0v) is 17.6. The molecule has 7 heteroatoms. The first-order valence-corrected chi connectivity index (χ1v) is 10.2. The first-order chi connectivity index (χ1) is 15.0. The molecule has 1 amide bonds. The van der Waals surface area contributed by atoms with E-state index in [2.05, 4.69) is 10.3 Å². The summed E-state index contributed by atoms with van der Waals surface area (Å²) in [5, 5.41) is 3.69. The normalized spacial score (nSPS) is 11.7. The van der Waals surface area contributed by atoms with Crippen LogP contribution in [0.2, 0.25) is 0 Å². The minimum Gasteiger partial charge on any atom is -0.494 e. The van der Waals surface area contributed by atoms with Crippen molar-refractivity contribution >= 4 is 28.6 Å². The minimum atomic E-state index is -0.836. The number of carbonyl (C=O) groups is 3. The van der Waals surface area contributed by atoms with Gasteiger partial charge in [-0.3, -0.25) is 9.59 Å². The van der Waals surface area contributed by atoms with Crippen LogP contribution in [0.3, 0.4) is 0 Å². The molecule has 0 fully saturated rings. The minimum absolute atomic E-state index is 0.0204. The van der Waals surface area contributed by atoms with Gasteiger partial charge in [-0.2, -0.15) is 0 Å². The lowest BCUT2D eigenvalue weighted by Crippen LogP contribution is -2.43. The first kappa shape index (κ1) is 22.1. The molecule has 0 aliphatic carbocycles. The number of fused-ring (bicyclic) bond motifs is 1. The van der Waals surface area contributed by atoms with E-state index < -0.39 is 12.0 Å². The van der Waals surface area contributed by atoms with Crippen molar-refractivity contribution in [3.63, 3.8) is 0 Å². The third-order valence-corrected chi connectivity index (χ3v) is 4.99. The summed E-state index contributed by atoms with van der Waals surface area (Å²) in [7, 11) is 1.28. The Hall–Kier alpha value is -3.61. The maximum Gasteiger partial charge on any atom is 0.328 e. The molecule has 3 rings (SSSR count). The summed E-state index contributed by atoms with van der Waals surface area (Å²) in [6, 6.07) is 13.7. The molecule has 1 atom stereocenters. The molecule has 1 aromatic heterocycles. The number of methoxy groups -OCH3 is 1. The number of aromatic nitrogens is 1. The summed E-state index contributed by atoms with van der Waals surface area (Å²) < 4.78 is 10.2. The van der Waals surface area contributed by atoms with Gasteiger partial charge >= 0.3 is 5.97 Å². The fourth-order valence-corrected chi connectivity index (χ4v) is 3.40. The number of hydrogen-bond acceptors (Lipinski definition) is 5. The zero-order valence-electron chi connectivity index (χ0n) is 17.6. The number of para-hydroxylation sites is 1. The zero-order chi connectivity index (χ0) is 22.2. The van der Waals surface area contributed by atoms with Crippen LogP contribution < -0.4 is 10.1 Å². The highest BCUT2D eigenvalue weighted by atomic mass is 16.5. The number of benzene rings is 2. The molecule has 7 nitrogen and oxygen atoms in total. The predicted molar refractivity (Wildman–Crippen MR) is 117 cm³/mol. The van der Waals surface area contributed by atoms with Crippen molar-refractivity contribution in [3.05, 3.63) is 65.9 Å². The molecule has 0 aliphatic heterocycles. The van der Waals surface area contributed by atoms with E-state index in [1.54, 1.807) is 24.3 Å². The summed E-state index contributed by atoms with van der Waals surface area (Å²) in [6.45, 7) is 2.44. The van der Waals surface area contributed by atoms with Gasteiger partial charge in [-0.05, 0) is 42.8 Å². The molecule has 2 aromatic carbocycles. The van der Waals surface area contributed by atoms with E-state index in [-0.39, 0.29) is 31.0 Å². The number of ketones is 1. The monoisotopic (exact) mass is 422 g/mol. The molecule has 0 radical (unpaired) electrons. The second-order valence-corrected chi connectivity index (χ2v) is 7.09. The quantitative estimate of drug-likeness (QED) is 0.385. The van der Waals surface area contributed by atoms with Gasteiger partial charge in [0.25, 0.3) is 0 Å². The fraction of sp³-hybridized carbons (Fsp3) is 0.292. The summed E-state index contributed by atoms with van der Waals surface area (Å²) in [5.41, 5.74) is 2.37. The maximum absolute atomic E-state index is 12.4. The summed E-state index contributed by atoms with van der Waals surface area (Å²) >= 11 is 0. The standard InChI is InChI=1S/C24H26N2O5/c1-3-31-18-10-8-16(9-11-18)22(27)12-13-23(28)26-21(24(29)30-2)14-17-15-25-20-7-5-4-6-19(17)20/h4-11,15,21,25H,3,12-14H2,1-2H3,(H,26,28)/t21-/m1/s1. The molecule has 0 spiro atoms. The highest BCUT2D eigenvalue weighted by molar-refractivity contribution is 5.98. The molecule has 31 heavy (non-hydrogen) atoms. The van der Waals surface area contributed by atoms with Crippen molar-refractivity contribution in [2.24, 2.45) is 0 Å². The van der Waals surface area contributed by atoms with Crippen molar-refractivity contribution in [1.29, 1.82) is 0 Å². The van der Waals surface area contributed by atoms with E-state index in [1.807, 2.05) is 37.4 Å². The van der Waals surface area contributed by atoms with Crippen LogP contribution >= 0.6 is 0 Å². The van der Waals surface area contributed by atoms with Gasteiger partial charge in [-0.25, -0.2) is 4.79 Å². The van der Waals surface area contributed by atoms with E-state index >= 15 is 0 Å². The Morgan fingerprint density at radius 1 is 1.03 bits per heavy atom. The van der Waals surface area contributed by atoms with E-state index in [9.17, 15) is 14.4 Å². The Balaban J connectivity index is 1.59. The Kier molecular flexibility index (Phi) is 7.43. The van der Waals surface area contributed by atoms with Gasteiger partial charge < -0.3 is 19.8 Å². The number of hydrogen-bond donors (Lipinski definition) is 2. The van der Waals surface area contributed by atoms with Crippen molar-refractivity contribution < 1.29 is 23.9 Å². The van der Waals surface area contributed by atoms with E-state index in [1.165, 1.54) is 7.11 Å². The summed E-state index contributed by atoms with van der Waals surface area (Å²) in [5.74, 6) is -0.370. The van der Waals surface area contributed by atoms with Crippen LogP contribution in [0.15, 0.2) is 54.7 Å². The third kappa shape index (κ3) is 5.72. The lowest BCUT2D eigenvalue weighted by atomic mass is 10.0. The molecule has 0 saturated carbocycles. The van der Waals surface area contributed by atoms with E-state index in [0.717, 1.165) is 16.5 Å². The van der Waals surface area contributed by atoms with Gasteiger partial charge in [0.2, 0.25) is 5.91 Å². The Morgan fingerprint density at radius 3 is 2.48 bits per heavy atom. The predicted octanol–water partition coefficient (Wildman–Crippen LogP) is 3.43. The molecular weight excluding hydrogens is 396 g/mol. The number of ether oxygens (including phenoxy) is 2. The number of carbonyl (C=O) groups excluding carboxylic acids is 3. The molecule has 162 valence electrons. The number of aromatic amines is 1. The average molecular weight is 422 g/mol. The van der Waals surface area contributed by atoms with E-state index in [0.29, 0.717) is 17.9 Å². The molecule has 0 unspecified atom stereocenters. The van der Waals surface area contributed by atoms with Crippen LogP contribution in [-0.2, 0) is 20.7 Å². The van der Waals surface area contributed by atoms with Gasteiger partial charge in [0.15, 0.2) is 5.78 Å². The Morgan fingerprint density at radius 2 is 1.77 bits per heavy atom. The molecule has 0 aliphatic rings. The number of esters is 1. The van der Waals surface area contributed by atoms with Crippen LogP contribution in [0, 0.1) is 0 Å².